The van der Waals surface area contributed by atoms with Gasteiger partial charge in [0.2, 0.25) is 0 Å². The molecule has 0 saturated heterocycles. The van der Waals surface area contributed by atoms with Crippen molar-refractivity contribution in [2.45, 2.75) is 0 Å². The molecule has 0 radical (unpaired) electrons. The average molecular weight is 351 g/mol. The third kappa shape index (κ3) is 2.62. The molecule has 0 spiro atoms. The lowest BCUT2D eigenvalue weighted by Crippen LogP contribution is -2.33. The van der Waals surface area contributed by atoms with Gasteiger partial charge in [-0.05, 0) is 23.8 Å². The van der Waals surface area contributed by atoms with Gasteiger partial charge in [-0.2, -0.15) is 0 Å². The highest BCUT2D eigenvalue weighted by atomic mass is 35.5. The van der Waals surface area contributed by atoms with Crippen LogP contribution in [-0.2, 0) is 0 Å². The summed E-state index contributed by atoms with van der Waals surface area (Å²) in [5.41, 5.74) is 1.41. The quantitative estimate of drug-likeness (QED) is 0.602. The lowest BCUT2D eigenvalue weighted by atomic mass is 10.0. The molecule has 2 aromatic carbocycles. The molecule has 2 heterocycles. The normalized spacial score (nSPS) is 10.9. The molecule has 0 bridgehead atoms. The molecule has 0 fully saturated rings. The highest BCUT2D eigenvalue weighted by Gasteiger charge is 2.11. The monoisotopic (exact) mass is 350 g/mol. The summed E-state index contributed by atoms with van der Waals surface area (Å²) in [6.07, 6.45) is 4.15. The maximum Gasteiger partial charge on any atom is 0.333 e. The summed E-state index contributed by atoms with van der Waals surface area (Å²) in [6.45, 7) is 0. The maximum absolute atomic E-state index is 12.7. The largest absolute Gasteiger partial charge is 0.333 e. The lowest BCUT2D eigenvalue weighted by molar-refractivity contribution is 0.884. The fraction of sp³-hybridized carbons (Fsp3) is 0. The Morgan fingerprint density at radius 3 is 2.52 bits per heavy atom. The molecule has 0 saturated carbocycles. The van der Waals surface area contributed by atoms with Gasteiger partial charge in [0.05, 0.1) is 29.0 Å². The van der Waals surface area contributed by atoms with Gasteiger partial charge in [-0.1, -0.05) is 35.9 Å². The Morgan fingerprint density at radius 1 is 1.00 bits per heavy atom. The predicted octanol–water partition coefficient (Wildman–Crippen LogP) is 2.79. The summed E-state index contributed by atoms with van der Waals surface area (Å²) in [6, 6.07) is 12.6. The highest BCUT2D eigenvalue weighted by Crippen LogP contribution is 2.28. The van der Waals surface area contributed by atoms with Crippen LogP contribution in [0.2, 0.25) is 5.02 Å². The second-order valence-corrected chi connectivity index (χ2v) is 5.81. The first-order chi connectivity index (χ1) is 12.1. The summed E-state index contributed by atoms with van der Waals surface area (Å²) in [4.78, 5) is 35.6. The van der Waals surface area contributed by atoms with Gasteiger partial charge in [-0.15, -0.1) is 0 Å². The van der Waals surface area contributed by atoms with Crippen molar-refractivity contribution in [3.8, 4) is 16.8 Å². The highest BCUT2D eigenvalue weighted by molar-refractivity contribution is 6.33. The van der Waals surface area contributed by atoms with E-state index < -0.39 is 11.2 Å². The minimum absolute atomic E-state index is 0.311. The van der Waals surface area contributed by atoms with Crippen molar-refractivity contribution in [2.24, 2.45) is 0 Å². The number of hydrogen-bond acceptors (Lipinski definition) is 4. The topological polar surface area (TPSA) is 80.6 Å². The van der Waals surface area contributed by atoms with E-state index in [1.807, 2.05) is 18.2 Å². The number of aromatic nitrogens is 4. The molecule has 0 unspecified atom stereocenters. The summed E-state index contributed by atoms with van der Waals surface area (Å²) < 4.78 is 1.01. The number of rotatable bonds is 2. The third-order valence-corrected chi connectivity index (χ3v) is 4.22. The standard InChI is InChI=1S/C18H11ClN4O2/c19-15-4-2-1-3-13(15)11-5-6-14-16(7-11)22-18(25)23(17(14)24)12-8-20-10-21-9-12/h1-10H,(H,22,25). The van der Waals surface area contributed by atoms with Crippen molar-refractivity contribution < 1.29 is 0 Å². The fourth-order valence-corrected chi connectivity index (χ4v) is 2.97. The van der Waals surface area contributed by atoms with E-state index in [0.717, 1.165) is 15.7 Å². The lowest BCUT2D eigenvalue weighted by Gasteiger charge is -2.08. The SMILES string of the molecule is O=c1[nH]c2cc(-c3ccccc3Cl)ccc2c(=O)n1-c1cncnc1. The fourth-order valence-electron chi connectivity index (χ4n) is 2.72. The van der Waals surface area contributed by atoms with Crippen LogP contribution in [0.25, 0.3) is 27.7 Å². The first-order valence-corrected chi connectivity index (χ1v) is 7.82. The predicted molar refractivity (Wildman–Crippen MR) is 96.2 cm³/mol. The van der Waals surface area contributed by atoms with Gasteiger partial charge in [-0.3, -0.25) is 4.79 Å². The minimum Gasteiger partial charge on any atom is -0.306 e. The second kappa shape index (κ2) is 5.99. The third-order valence-electron chi connectivity index (χ3n) is 3.89. The van der Waals surface area contributed by atoms with Crippen molar-refractivity contribution in [1.82, 2.24) is 19.5 Å². The molecule has 1 N–H and O–H groups in total. The molecule has 0 amide bonds. The van der Waals surface area contributed by atoms with Crippen LogP contribution in [0.5, 0.6) is 0 Å². The van der Waals surface area contributed by atoms with Crippen molar-refractivity contribution >= 4 is 22.5 Å². The summed E-state index contributed by atoms with van der Waals surface area (Å²) >= 11 is 6.23. The Bertz CT molecular complexity index is 1200. The summed E-state index contributed by atoms with van der Waals surface area (Å²) in [5.74, 6) is 0. The van der Waals surface area contributed by atoms with Gasteiger partial charge < -0.3 is 4.98 Å². The number of fused-ring (bicyclic) bond motifs is 1. The van der Waals surface area contributed by atoms with Crippen LogP contribution in [-0.4, -0.2) is 19.5 Å². The minimum atomic E-state index is -0.552. The zero-order valence-corrected chi connectivity index (χ0v) is 13.6. The molecule has 0 aliphatic heterocycles. The second-order valence-electron chi connectivity index (χ2n) is 5.41. The van der Waals surface area contributed by atoms with Crippen molar-refractivity contribution in [3.63, 3.8) is 0 Å². The van der Waals surface area contributed by atoms with Crippen LogP contribution in [0.15, 0.2) is 70.8 Å². The number of aromatic amines is 1. The zero-order valence-electron chi connectivity index (χ0n) is 12.8. The van der Waals surface area contributed by atoms with E-state index in [2.05, 4.69) is 15.0 Å². The zero-order chi connectivity index (χ0) is 17.4. The molecule has 122 valence electrons. The van der Waals surface area contributed by atoms with Gasteiger partial charge in [0.15, 0.2) is 0 Å². The Kier molecular flexibility index (Phi) is 3.66. The molecule has 25 heavy (non-hydrogen) atoms. The van der Waals surface area contributed by atoms with E-state index >= 15 is 0 Å². The van der Waals surface area contributed by atoms with Crippen LogP contribution >= 0.6 is 11.6 Å². The van der Waals surface area contributed by atoms with Gasteiger partial charge in [0.1, 0.15) is 6.33 Å². The van der Waals surface area contributed by atoms with E-state index in [4.69, 9.17) is 11.6 Å². The van der Waals surface area contributed by atoms with E-state index in [-0.39, 0.29) is 0 Å². The van der Waals surface area contributed by atoms with Gasteiger partial charge in [0.25, 0.3) is 5.56 Å². The van der Waals surface area contributed by atoms with E-state index in [9.17, 15) is 9.59 Å². The van der Waals surface area contributed by atoms with Crippen LogP contribution < -0.4 is 11.2 Å². The molecule has 0 aliphatic carbocycles. The molecule has 2 aromatic heterocycles. The van der Waals surface area contributed by atoms with Crippen LogP contribution in [0.4, 0.5) is 0 Å². The van der Waals surface area contributed by atoms with E-state index in [1.165, 1.54) is 18.7 Å². The molecule has 0 aliphatic rings. The number of benzene rings is 2. The molecule has 6 nitrogen and oxygen atoms in total. The number of nitrogens with one attached hydrogen (secondary N) is 1. The molecular weight excluding hydrogens is 340 g/mol. The van der Waals surface area contributed by atoms with Crippen LogP contribution in [0, 0.1) is 0 Å². The van der Waals surface area contributed by atoms with Crippen molar-refractivity contribution in [3.05, 3.63) is 87.0 Å². The summed E-state index contributed by atoms with van der Waals surface area (Å²) in [7, 11) is 0. The Morgan fingerprint density at radius 2 is 1.76 bits per heavy atom. The number of H-pyrrole nitrogens is 1. The van der Waals surface area contributed by atoms with Gasteiger partial charge >= 0.3 is 5.69 Å². The molecule has 0 atom stereocenters. The van der Waals surface area contributed by atoms with Gasteiger partial charge in [0, 0.05) is 10.6 Å². The number of nitrogens with zero attached hydrogens (tertiary/aromatic N) is 3. The van der Waals surface area contributed by atoms with Gasteiger partial charge in [-0.25, -0.2) is 19.3 Å². The molecular formula is C18H11ClN4O2. The Balaban J connectivity index is 1.96. The van der Waals surface area contributed by atoms with Crippen molar-refractivity contribution in [2.75, 3.05) is 0 Å². The molecule has 4 aromatic rings. The Hall–Kier alpha value is -3.25. The van der Waals surface area contributed by atoms with Crippen LogP contribution in [0.1, 0.15) is 0 Å². The van der Waals surface area contributed by atoms with E-state index in [0.29, 0.717) is 21.6 Å². The number of halogens is 1. The first-order valence-electron chi connectivity index (χ1n) is 7.44. The van der Waals surface area contributed by atoms with Crippen LogP contribution in [0.3, 0.4) is 0 Å². The number of hydrogen-bond donors (Lipinski definition) is 1. The maximum atomic E-state index is 12.7. The van der Waals surface area contributed by atoms with E-state index in [1.54, 1.807) is 24.3 Å². The van der Waals surface area contributed by atoms with Crippen molar-refractivity contribution in [1.29, 1.82) is 0 Å². The summed E-state index contributed by atoms with van der Waals surface area (Å²) in [5, 5.41) is 0.984. The first kappa shape index (κ1) is 15.3. The molecule has 4 rings (SSSR count). The Labute approximate surface area is 146 Å². The smallest absolute Gasteiger partial charge is 0.306 e. The molecule has 7 heteroatoms. The average Bonchev–Trinajstić information content (AvgIpc) is 2.62.